The quantitative estimate of drug-likeness (QED) is 0.765. The number of hydrogen-bond donors (Lipinski definition) is 2. The van der Waals surface area contributed by atoms with Crippen LogP contribution in [0.25, 0.3) is 11.4 Å². The third-order valence-electron chi connectivity index (χ3n) is 5.38. The third-order valence-corrected chi connectivity index (χ3v) is 5.63. The van der Waals surface area contributed by atoms with Crippen molar-refractivity contribution >= 4 is 35.9 Å². The molecule has 0 radical (unpaired) electrons. The predicted octanol–water partition coefficient (Wildman–Crippen LogP) is 2.75. The standard InChI is InChI=1S/C19H24ClN5O2.ClH/c20-16-3-1-14(2-4-16)17-23-19(27-24-17)25-9-6-15(7-10-25)18(26)22-12-13-5-8-21-11-13;/h1-4,13,15,21H,5-12H2,(H,22,26);1H/t13-;/m1./s1. The van der Waals surface area contributed by atoms with Crippen LogP contribution in [0.15, 0.2) is 28.8 Å². The number of carbonyl (C=O) groups is 1. The molecular formula is C19H25Cl2N5O2. The summed E-state index contributed by atoms with van der Waals surface area (Å²) in [7, 11) is 0. The van der Waals surface area contributed by atoms with Crippen LogP contribution in [0, 0.1) is 11.8 Å². The topological polar surface area (TPSA) is 83.3 Å². The summed E-state index contributed by atoms with van der Waals surface area (Å²) < 4.78 is 5.42. The molecule has 2 aromatic rings. The van der Waals surface area contributed by atoms with Crippen molar-refractivity contribution in [1.29, 1.82) is 0 Å². The summed E-state index contributed by atoms with van der Waals surface area (Å²) in [6, 6.07) is 7.86. The van der Waals surface area contributed by atoms with Gasteiger partial charge in [0, 0.05) is 36.1 Å². The van der Waals surface area contributed by atoms with Crippen LogP contribution in [0.1, 0.15) is 19.3 Å². The van der Waals surface area contributed by atoms with Crippen LogP contribution >= 0.6 is 24.0 Å². The molecule has 0 unspecified atom stereocenters. The Balaban J connectivity index is 0.00000225. The first kappa shape index (κ1) is 20.9. The number of anilines is 1. The highest BCUT2D eigenvalue weighted by Crippen LogP contribution is 2.25. The number of amides is 1. The van der Waals surface area contributed by atoms with Gasteiger partial charge in [0.2, 0.25) is 11.7 Å². The fourth-order valence-corrected chi connectivity index (χ4v) is 3.80. The Bertz CT molecular complexity index is 769. The Hall–Kier alpha value is -1.83. The van der Waals surface area contributed by atoms with Gasteiger partial charge in [-0.15, -0.1) is 12.4 Å². The van der Waals surface area contributed by atoms with Crippen LogP contribution in [0.4, 0.5) is 6.01 Å². The van der Waals surface area contributed by atoms with Gasteiger partial charge in [-0.05, 0) is 62.5 Å². The minimum Gasteiger partial charge on any atom is -0.356 e. The number of aromatic nitrogens is 2. The van der Waals surface area contributed by atoms with E-state index in [1.165, 1.54) is 0 Å². The second kappa shape index (κ2) is 9.58. The lowest BCUT2D eigenvalue weighted by Gasteiger charge is -2.29. The Morgan fingerprint density at radius 3 is 2.68 bits per heavy atom. The van der Waals surface area contributed by atoms with Crippen molar-refractivity contribution in [1.82, 2.24) is 20.8 Å². The minimum atomic E-state index is 0. The first-order chi connectivity index (χ1) is 13.2. The first-order valence-electron chi connectivity index (χ1n) is 9.52. The van der Waals surface area contributed by atoms with Crippen molar-refractivity contribution in [2.24, 2.45) is 11.8 Å². The molecule has 1 aromatic carbocycles. The van der Waals surface area contributed by atoms with E-state index in [0.29, 0.717) is 22.8 Å². The van der Waals surface area contributed by atoms with Gasteiger partial charge in [-0.25, -0.2) is 0 Å². The van der Waals surface area contributed by atoms with Gasteiger partial charge < -0.3 is 20.1 Å². The molecule has 9 heteroatoms. The SMILES string of the molecule is Cl.O=C(NC[C@@H]1CCNC1)C1CCN(c2nc(-c3ccc(Cl)cc3)no2)CC1. The molecule has 2 aliphatic rings. The van der Waals surface area contributed by atoms with Gasteiger partial charge >= 0.3 is 6.01 Å². The third kappa shape index (κ3) is 4.96. The van der Waals surface area contributed by atoms with Gasteiger partial charge in [0.1, 0.15) is 0 Å². The Morgan fingerprint density at radius 2 is 2.00 bits per heavy atom. The van der Waals surface area contributed by atoms with Crippen molar-refractivity contribution in [3.05, 3.63) is 29.3 Å². The lowest BCUT2D eigenvalue weighted by molar-refractivity contribution is -0.125. The second-order valence-electron chi connectivity index (χ2n) is 7.27. The minimum absolute atomic E-state index is 0. The van der Waals surface area contributed by atoms with E-state index in [1.807, 2.05) is 12.1 Å². The Labute approximate surface area is 175 Å². The number of piperidine rings is 1. The summed E-state index contributed by atoms with van der Waals surface area (Å²) in [6.07, 6.45) is 2.74. The molecule has 0 saturated carbocycles. The highest BCUT2D eigenvalue weighted by Gasteiger charge is 2.28. The lowest BCUT2D eigenvalue weighted by atomic mass is 9.96. The molecule has 152 valence electrons. The molecule has 2 N–H and O–H groups in total. The van der Waals surface area contributed by atoms with Gasteiger partial charge in [-0.3, -0.25) is 4.79 Å². The molecule has 1 aromatic heterocycles. The molecule has 1 amide bonds. The van der Waals surface area contributed by atoms with Crippen LogP contribution in [0.3, 0.4) is 0 Å². The number of carbonyl (C=O) groups excluding carboxylic acids is 1. The lowest BCUT2D eigenvalue weighted by Crippen LogP contribution is -2.42. The monoisotopic (exact) mass is 425 g/mol. The molecule has 28 heavy (non-hydrogen) atoms. The van der Waals surface area contributed by atoms with Crippen LogP contribution < -0.4 is 15.5 Å². The van der Waals surface area contributed by atoms with Gasteiger partial charge in [0.15, 0.2) is 0 Å². The van der Waals surface area contributed by atoms with E-state index in [-0.39, 0.29) is 24.2 Å². The van der Waals surface area contributed by atoms with Crippen LogP contribution in [-0.4, -0.2) is 48.8 Å². The smallest absolute Gasteiger partial charge is 0.324 e. The van der Waals surface area contributed by atoms with Crippen molar-refractivity contribution in [3.63, 3.8) is 0 Å². The zero-order chi connectivity index (χ0) is 18.6. The molecule has 7 nitrogen and oxygen atoms in total. The second-order valence-corrected chi connectivity index (χ2v) is 7.71. The molecule has 2 fully saturated rings. The van der Waals surface area contributed by atoms with E-state index >= 15 is 0 Å². The van der Waals surface area contributed by atoms with Gasteiger partial charge in [0.05, 0.1) is 0 Å². The number of benzene rings is 1. The molecule has 0 spiro atoms. The van der Waals surface area contributed by atoms with Crippen LogP contribution in [0.5, 0.6) is 0 Å². The van der Waals surface area contributed by atoms with Gasteiger partial charge in [-0.2, -0.15) is 4.98 Å². The number of halogens is 2. The summed E-state index contributed by atoms with van der Waals surface area (Å²) >= 11 is 5.92. The number of nitrogens with zero attached hydrogens (tertiary/aromatic N) is 3. The molecule has 1 atom stereocenters. The highest BCUT2D eigenvalue weighted by molar-refractivity contribution is 6.30. The molecule has 2 saturated heterocycles. The summed E-state index contributed by atoms with van der Waals surface area (Å²) in [4.78, 5) is 18.9. The number of rotatable bonds is 5. The molecule has 2 aliphatic heterocycles. The zero-order valence-corrected chi connectivity index (χ0v) is 17.1. The van der Waals surface area contributed by atoms with E-state index in [2.05, 4.69) is 25.7 Å². The zero-order valence-electron chi connectivity index (χ0n) is 15.6. The van der Waals surface area contributed by atoms with Gasteiger partial charge in [0.25, 0.3) is 0 Å². The Morgan fingerprint density at radius 1 is 1.25 bits per heavy atom. The summed E-state index contributed by atoms with van der Waals surface area (Å²) in [5, 5.41) is 11.2. The van der Waals surface area contributed by atoms with Crippen LogP contribution in [0.2, 0.25) is 5.02 Å². The predicted molar refractivity (Wildman–Crippen MR) is 111 cm³/mol. The van der Waals surface area contributed by atoms with Crippen molar-refractivity contribution in [3.8, 4) is 11.4 Å². The maximum atomic E-state index is 12.4. The largest absolute Gasteiger partial charge is 0.356 e. The van der Waals surface area contributed by atoms with Crippen LogP contribution in [-0.2, 0) is 4.79 Å². The Kier molecular flexibility index (Phi) is 7.15. The van der Waals surface area contributed by atoms with E-state index in [1.54, 1.807) is 12.1 Å². The summed E-state index contributed by atoms with van der Waals surface area (Å²) in [5.41, 5.74) is 0.866. The van der Waals surface area contributed by atoms with Crippen molar-refractivity contribution < 1.29 is 9.32 Å². The molecule has 0 bridgehead atoms. The fourth-order valence-electron chi connectivity index (χ4n) is 3.67. The number of nitrogens with one attached hydrogen (secondary N) is 2. The summed E-state index contributed by atoms with van der Waals surface area (Å²) in [6.45, 7) is 4.32. The first-order valence-corrected chi connectivity index (χ1v) is 9.90. The highest BCUT2D eigenvalue weighted by atomic mass is 35.5. The maximum Gasteiger partial charge on any atom is 0.324 e. The van der Waals surface area contributed by atoms with E-state index in [0.717, 1.165) is 57.5 Å². The molecular weight excluding hydrogens is 401 g/mol. The van der Waals surface area contributed by atoms with Gasteiger partial charge in [-0.1, -0.05) is 16.8 Å². The van der Waals surface area contributed by atoms with E-state index in [4.69, 9.17) is 16.1 Å². The molecule has 0 aliphatic carbocycles. The normalized spacial score (nSPS) is 20.0. The number of hydrogen-bond acceptors (Lipinski definition) is 6. The fraction of sp³-hybridized carbons (Fsp3) is 0.526. The average Bonchev–Trinajstić information content (AvgIpc) is 3.39. The average molecular weight is 426 g/mol. The van der Waals surface area contributed by atoms with Crippen molar-refractivity contribution in [2.45, 2.75) is 19.3 Å². The molecule has 3 heterocycles. The van der Waals surface area contributed by atoms with E-state index < -0.39 is 0 Å². The maximum absolute atomic E-state index is 12.4. The van der Waals surface area contributed by atoms with E-state index in [9.17, 15) is 4.79 Å². The summed E-state index contributed by atoms with van der Waals surface area (Å²) in [5.74, 6) is 1.36. The molecule has 4 rings (SSSR count). The van der Waals surface area contributed by atoms with Crippen molar-refractivity contribution in [2.75, 3.05) is 37.6 Å².